The average molecular weight is 720 g/mol. The number of nitrogens with zero attached hydrogens (tertiary/aromatic N) is 4. The molecule has 0 unspecified atom stereocenters. The lowest BCUT2D eigenvalue weighted by Gasteiger charge is -2.11. The fraction of sp³-hybridized carbons (Fsp3) is 0.0588. The molecule has 0 saturated carbocycles. The SMILES string of the molecule is CC(C)c1ccc2c(c1)c1ccc(-c3cccc4c3nc(-c3cccc5c3[nH]c3ccccc35)n4-c3ccccc3)cc1n2-c1cc(-c2ccccc2)ccn1. The zero-order valence-electron chi connectivity index (χ0n) is 31.1. The molecule has 0 aliphatic rings. The number of rotatable bonds is 6. The van der Waals surface area contributed by atoms with Crippen molar-refractivity contribution in [3.8, 4) is 45.1 Å². The van der Waals surface area contributed by atoms with Gasteiger partial charge in [-0.2, -0.15) is 0 Å². The van der Waals surface area contributed by atoms with E-state index in [-0.39, 0.29) is 0 Å². The van der Waals surface area contributed by atoms with Crippen LogP contribution in [0.3, 0.4) is 0 Å². The van der Waals surface area contributed by atoms with Crippen LogP contribution in [0.1, 0.15) is 25.3 Å². The van der Waals surface area contributed by atoms with Crippen LogP contribution in [0.2, 0.25) is 0 Å². The maximum absolute atomic E-state index is 5.56. The third-order valence-corrected chi connectivity index (χ3v) is 11.3. The highest BCUT2D eigenvalue weighted by Gasteiger charge is 2.22. The van der Waals surface area contributed by atoms with Gasteiger partial charge in [-0.3, -0.25) is 9.13 Å². The van der Waals surface area contributed by atoms with Crippen molar-refractivity contribution in [3.63, 3.8) is 0 Å². The number of aromatic nitrogens is 5. The van der Waals surface area contributed by atoms with Gasteiger partial charge in [0.1, 0.15) is 11.6 Å². The van der Waals surface area contributed by atoms with Crippen LogP contribution < -0.4 is 0 Å². The van der Waals surface area contributed by atoms with Crippen molar-refractivity contribution in [1.82, 2.24) is 24.1 Å². The van der Waals surface area contributed by atoms with Gasteiger partial charge < -0.3 is 4.98 Å². The third-order valence-electron chi connectivity index (χ3n) is 11.3. The standard InChI is InChI=1S/C51H37N5/c1-32(2)34-24-26-45-43(29-34)40-25-23-36(30-47(40)56(45)48-31-35(27-28-52-48)33-13-5-3-6-14-33)38-18-12-22-46-50(38)54-51(55(46)37-15-7-4-8-16-37)42-20-11-19-41-39-17-9-10-21-44(39)53-49(41)42/h3-32,53H,1-2H3. The molecule has 0 bridgehead atoms. The monoisotopic (exact) mass is 719 g/mol. The first-order valence-electron chi connectivity index (χ1n) is 19.3. The number of imidazole rings is 1. The summed E-state index contributed by atoms with van der Waals surface area (Å²) in [5, 5.41) is 4.82. The number of aromatic amines is 1. The van der Waals surface area contributed by atoms with Crippen molar-refractivity contribution < 1.29 is 0 Å². The molecule has 11 rings (SSSR count). The van der Waals surface area contributed by atoms with Crippen LogP contribution in [0.25, 0.3) is 99.8 Å². The number of H-pyrrole nitrogens is 1. The molecule has 4 aromatic heterocycles. The fourth-order valence-electron chi connectivity index (χ4n) is 8.57. The van der Waals surface area contributed by atoms with Crippen LogP contribution in [0.5, 0.6) is 0 Å². The molecule has 0 atom stereocenters. The Balaban J connectivity index is 1.17. The Kier molecular flexibility index (Phi) is 7.29. The maximum atomic E-state index is 5.56. The quantitative estimate of drug-likeness (QED) is 0.186. The van der Waals surface area contributed by atoms with Gasteiger partial charge in [0.15, 0.2) is 0 Å². The van der Waals surface area contributed by atoms with E-state index in [1.807, 2.05) is 6.20 Å². The van der Waals surface area contributed by atoms with Crippen LogP contribution in [-0.2, 0) is 0 Å². The van der Waals surface area contributed by atoms with Gasteiger partial charge in [0.25, 0.3) is 0 Å². The van der Waals surface area contributed by atoms with E-state index in [1.54, 1.807) is 0 Å². The smallest absolute Gasteiger partial charge is 0.147 e. The second-order valence-corrected chi connectivity index (χ2v) is 14.9. The molecule has 4 heterocycles. The number of benzene rings is 7. The van der Waals surface area contributed by atoms with Crippen molar-refractivity contribution in [1.29, 1.82) is 0 Å². The van der Waals surface area contributed by atoms with Crippen molar-refractivity contribution in [2.45, 2.75) is 19.8 Å². The van der Waals surface area contributed by atoms with Gasteiger partial charge in [-0.05, 0) is 88.8 Å². The summed E-state index contributed by atoms with van der Waals surface area (Å²) in [4.78, 5) is 14.3. The van der Waals surface area contributed by atoms with Gasteiger partial charge >= 0.3 is 0 Å². The highest BCUT2D eigenvalue weighted by atomic mass is 15.1. The van der Waals surface area contributed by atoms with Crippen LogP contribution in [0, 0.1) is 0 Å². The number of nitrogens with one attached hydrogen (secondary N) is 1. The lowest BCUT2D eigenvalue weighted by molar-refractivity contribution is 0.868. The Hall–Kier alpha value is -7.24. The predicted molar refractivity (Wildman–Crippen MR) is 233 cm³/mol. The molecule has 0 aliphatic carbocycles. The fourth-order valence-corrected chi connectivity index (χ4v) is 8.57. The Morgan fingerprint density at radius 3 is 2.12 bits per heavy atom. The number of fused-ring (bicyclic) bond motifs is 7. The molecule has 0 saturated heterocycles. The number of hydrogen-bond acceptors (Lipinski definition) is 2. The normalized spacial score (nSPS) is 11.9. The molecule has 7 aromatic carbocycles. The van der Waals surface area contributed by atoms with E-state index in [9.17, 15) is 0 Å². The molecule has 0 fully saturated rings. The number of para-hydroxylation sites is 4. The number of pyridine rings is 1. The molecule has 1 N–H and O–H groups in total. The molecule has 5 heteroatoms. The molecule has 11 aromatic rings. The summed E-state index contributed by atoms with van der Waals surface area (Å²) in [6.45, 7) is 4.51. The predicted octanol–water partition coefficient (Wildman–Crippen LogP) is 13.3. The van der Waals surface area contributed by atoms with Gasteiger partial charge in [0, 0.05) is 50.1 Å². The molecular formula is C51H37N5. The zero-order chi connectivity index (χ0) is 37.3. The van der Waals surface area contributed by atoms with Crippen molar-refractivity contribution in [2.75, 3.05) is 0 Å². The van der Waals surface area contributed by atoms with E-state index in [4.69, 9.17) is 9.97 Å². The highest BCUT2D eigenvalue weighted by Crippen LogP contribution is 2.41. The Labute approximate surface area is 324 Å². The van der Waals surface area contributed by atoms with E-state index in [1.165, 1.54) is 32.7 Å². The molecular weight excluding hydrogens is 683 g/mol. The van der Waals surface area contributed by atoms with Crippen LogP contribution in [-0.4, -0.2) is 24.1 Å². The van der Waals surface area contributed by atoms with Crippen molar-refractivity contribution >= 4 is 54.6 Å². The minimum absolute atomic E-state index is 0.415. The van der Waals surface area contributed by atoms with E-state index < -0.39 is 0 Å². The van der Waals surface area contributed by atoms with Crippen LogP contribution >= 0.6 is 0 Å². The summed E-state index contributed by atoms with van der Waals surface area (Å²) < 4.78 is 4.64. The topological polar surface area (TPSA) is 51.4 Å². The highest BCUT2D eigenvalue weighted by molar-refractivity contribution is 6.13. The summed E-state index contributed by atoms with van der Waals surface area (Å²) in [7, 11) is 0. The summed E-state index contributed by atoms with van der Waals surface area (Å²) in [6.07, 6.45) is 1.92. The lowest BCUT2D eigenvalue weighted by Crippen LogP contribution is -1.98. The minimum atomic E-state index is 0.415. The van der Waals surface area contributed by atoms with Crippen LogP contribution in [0.15, 0.2) is 176 Å². The Bertz CT molecular complexity index is 3270. The Morgan fingerprint density at radius 1 is 0.500 bits per heavy atom. The minimum Gasteiger partial charge on any atom is -0.354 e. The first kappa shape index (κ1) is 32.2. The summed E-state index contributed by atoms with van der Waals surface area (Å²) in [6, 6.07) is 60.7. The van der Waals surface area contributed by atoms with Crippen molar-refractivity contribution in [3.05, 3.63) is 182 Å². The van der Waals surface area contributed by atoms with E-state index in [0.717, 1.165) is 72.7 Å². The Morgan fingerprint density at radius 2 is 1.27 bits per heavy atom. The van der Waals surface area contributed by atoms with Gasteiger partial charge in [-0.15, -0.1) is 0 Å². The van der Waals surface area contributed by atoms with E-state index in [2.05, 4.69) is 198 Å². The van der Waals surface area contributed by atoms with E-state index >= 15 is 0 Å². The second-order valence-electron chi connectivity index (χ2n) is 14.9. The molecule has 266 valence electrons. The maximum Gasteiger partial charge on any atom is 0.147 e. The lowest BCUT2D eigenvalue weighted by atomic mass is 9.99. The van der Waals surface area contributed by atoms with E-state index in [0.29, 0.717) is 5.92 Å². The average Bonchev–Trinajstić information content (AvgIpc) is 3.93. The molecule has 0 spiro atoms. The van der Waals surface area contributed by atoms with Gasteiger partial charge in [-0.1, -0.05) is 123 Å². The van der Waals surface area contributed by atoms with Crippen LogP contribution in [0.4, 0.5) is 0 Å². The molecule has 0 aliphatic heterocycles. The molecule has 56 heavy (non-hydrogen) atoms. The van der Waals surface area contributed by atoms with Crippen molar-refractivity contribution in [2.24, 2.45) is 0 Å². The summed E-state index contributed by atoms with van der Waals surface area (Å²) in [5.74, 6) is 2.20. The van der Waals surface area contributed by atoms with Gasteiger partial charge in [0.2, 0.25) is 0 Å². The third kappa shape index (κ3) is 5.01. The largest absolute Gasteiger partial charge is 0.354 e. The first-order chi connectivity index (χ1) is 27.6. The van der Waals surface area contributed by atoms with Gasteiger partial charge in [-0.25, -0.2) is 9.97 Å². The zero-order valence-corrected chi connectivity index (χ0v) is 31.1. The summed E-state index contributed by atoms with van der Waals surface area (Å²) >= 11 is 0. The summed E-state index contributed by atoms with van der Waals surface area (Å²) in [5.41, 5.74) is 14.4. The molecule has 5 nitrogen and oxygen atoms in total. The van der Waals surface area contributed by atoms with Gasteiger partial charge in [0.05, 0.1) is 27.6 Å². The first-order valence-corrected chi connectivity index (χ1v) is 19.3. The molecule has 0 amide bonds. The second kappa shape index (κ2) is 12.7. The molecule has 0 radical (unpaired) electrons. The number of hydrogen-bond donors (Lipinski definition) is 1.